The molecule has 24 heavy (non-hydrogen) atoms. The summed E-state index contributed by atoms with van der Waals surface area (Å²) < 4.78 is 0. The lowest BCUT2D eigenvalue weighted by molar-refractivity contribution is 0.372. The zero-order chi connectivity index (χ0) is 17.4. The molecule has 0 atom stereocenters. The van der Waals surface area contributed by atoms with Crippen LogP contribution in [-0.2, 0) is 0 Å². The summed E-state index contributed by atoms with van der Waals surface area (Å²) in [7, 11) is 3.38. The summed E-state index contributed by atoms with van der Waals surface area (Å²) >= 11 is 6.45. The highest BCUT2D eigenvalue weighted by Gasteiger charge is 2.19. The van der Waals surface area contributed by atoms with Gasteiger partial charge in [0.25, 0.3) is 0 Å². The second-order valence-electron chi connectivity index (χ2n) is 5.73. The monoisotopic (exact) mass is 336 g/mol. The second kappa shape index (κ2) is 6.17. The Hall–Kier alpha value is -2.52. The third kappa shape index (κ3) is 2.61. The fourth-order valence-electron chi connectivity index (χ4n) is 2.94. The van der Waals surface area contributed by atoms with Crippen molar-refractivity contribution in [2.24, 2.45) is 0 Å². The van der Waals surface area contributed by atoms with Crippen molar-refractivity contribution in [2.45, 2.75) is 0 Å². The summed E-state index contributed by atoms with van der Waals surface area (Å²) in [6.45, 7) is 0. The fraction of sp³-hybridized carbons (Fsp3) is 0. The molecule has 3 aromatic rings. The highest BCUT2D eigenvalue weighted by atomic mass is 35.5. The Kier molecular flexibility index (Phi) is 4.20. The smallest absolute Gasteiger partial charge is 0.199 e. The highest BCUT2D eigenvalue weighted by Crippen LogP contribution is 2.36. The van der Waals surface area contributed by atoms with E-state index in [4.69, 9.17) is 11.6 Å². The lowest BCUT2D eigenvalue weighted by Gasteiger charge is -2.17. The summed E-state index contributed by atoms with van der Waals surface area (Å²) in [5.41, 5.74) is 4.32. The van der Waals surface area contributed by atoms with E-state index in [0.717, 1.165) is 16.7 Å². The van der Waals surface area contributed by atoms with E-state index in [0.29, 0.717) is 21.5 Å². The molecule has 3 rings (SSSR count). The molecule has 0 saturated heterocycles. The number of phenolic OH excluding ortho intramolecular Hbond substituents is 3. The molecule has 0 unspecified atom stereocenters. The summed E-state index contributed by atoms with van der Waals surface area (Å²) in [6, 6.07) is 15.4. The van der Waals surface area contributed by atoms with Crippen molar-refractivity contribution < 1.29 is 15.3 Å². The van der Waals surface area contributed by atoms with E-state index in [2.05, 4.69) is 0 Å². The lowest BCUT2D eigenvalue weighted by atomic mass is 9.76. The van der Waals surface area contributed by atoms with Crippen LogP contribution in [0.15, 0.2) is 48.5 Å². The van der Waals surface area contributed by atoms with Crippen molar-refractivity contribution in [3.63, 3.8) is 0 Å². The summed E-state index contributed by atoms with van der Waals surface area (Å²) in [5, 5.41) is 30.4. The zero-order valence-electron chi connectivity index (χ0n) is 13.3. The van der Waals surface area contributed by atoms with E-state index in [1.807, 2.05) is 42.5 Å². The number of rotatable bonds is 2. The Bertz CT molecular complexity index is 898. The van der Waals surface area contributed by atoms with E-state index < -0.39 is 5.75 Å². The largest absolute Gasteiger partial charge is 0.505 e. The molecule has 0 aliphatic carbocycles. The van der Waals surface area contributed by atoms with E-state index in [1.54, 1.807) is 21.8 Å². The Balaban J connectivity index is 2.18. The molecule has 0 radical (unpaired) electrons. The minimum Gasteiger partial charge on any atom is -0.505 e. The molecule has 3 N–H and O–H groups in total. The van der Waals surface area contributed by atoms with Crippen molar-refractivity contribution in [2.75, 3.05) is 0 Å². The van der Waals surface area contributed by atoms with Crippen LogP contribution >= 0.6 is 11.6 Å². The van der Waals surface area contributed by atoms with Crippen LogP contribution in [0.1, 0.15) is 0 Å². The van der Waals surface area contributed by atoms with E-state index in [-0.39, 0.29) is 11.5 Å². The van der Waals surface area contributed by atoms with Gasteiger partial charge in [-0.15, -0.1) is 0 Å². The SMILES string of the molecule is Bc1c(O)c(O)c(O)c(B)c1-c1ccc(-c2ccccc2)c(Cl)c1. The number of benzene rings is 3. The van der Waals surface area contributed by atoms with E-state index in [1.165, 1.54) is 0 Å². The maximum Gasteiger partial charge on any atom is 0.199 e. The molecule has 6 heteroatoms. The van der Waals surface area contributed by atoms with Crippen LogP contribution in [0.2, 0.25) is 5.02 Å². The van der Waals surface area contributed by atoms with Crippen LogP contribution in [0.25, 0.3) is 22.3 Å². The van der Waals surface area contributed by atoms with Gasteiger partial charge in [-0.2, -0.15) is 0 Å². The molecule has 0 aliphatic heterocycles. The van der Waals surface area contributed by atoms with Gasteiger partial charge in [-0.3, -0.25) is 0 Å². The molecule has 0 fully saturated rings. The van der Waals surface area contributed by atoms with Gasteiger partial charge in [0.15, 0.2) is 17.2 Å². The summed E-state index contributed by atoms with van der Waals surface area (Å²) in [6.07, 6.45) is 0. The van der Waals surface area contributed by atoms with Crippen LogP contribution in [0.4, 0.5) is 0 Å². The molecule has 0 aliphatic rings. The fourth-order valence-corrected chi connectivity index (χ4v) is 3.23. The van der Waals surface area contributed by atoms with Gasteiger partial charge in [0, 0.05) is 10.6 Å². The number of aromatic hydroxyl groups is 3. The molecule has 0 bridgehead atoms. The molecule has 0 amide bonds. The van der Waals surface area contributed by atoms with Crippen molar-refractivity contribution in [1.82, 2.24) is 0 Å². The molecule has 3 aromatic carbocycles. The van der Waals surface area contributed by atoms with Gasteiger partial charge in [-0.25, -0.2) is 0 Å². The van der Waals surface area contributed by atoms with Crippen LogP contribution in [0.5, 0.6) is 17.2 Å². The maximum atomic E-state index is 10.0. The van der Waals surface area contributed by atoms with E-state index >= 15 is 0 Å². The third-order valence-electron chi connectivity index (χ3n) is 4.25. The van der Waals surface area contributed by atoms with E-state index in [9.17, 15) is 15.3 Å². The minimum atomic E-state index is -0.499. The molecule has 0 saturated carbocycles. The molecule has 118 valence electrons. The van der Waals surface area contributed by atoms with Gasteiger partial charge in [0.1, 0.15) is 15.7 Å². The normalized spacial score (nSPS) is 10.7. The first-order chi connectivity index (χ1) is 11.4. The van der Waals surface area contributed by atoms with Crippen LogP contribution in [-0.4, -0.2) is 31.0 Å². The minimum absolute atomic E-state index is 0.323. The van der Waals surface area contributed by atoms with Crippen molar-refractivity contribution in [3.05, 3.63) is 53.6 Å². The van der Waals surface area contributed by atoms with Gasteiger partial charge < -0.3 is 15.3 Å². The predicted molar refractivity (Wildman–Crippen MR) is 104 cm³/mol. The first-order valence-electron chi connectivity index (χ1n) is 7.51. The van der Waals surface area contributed by atoms with Crippen molar-refractivity contribution in [3.8, 4) is 39.5 Å². The van der Waals surface area contributed by atoms with Gasteiger partial charge in [0.2, 0.25) is 0 Å². The maximum absolute atomic E-state index is 10.0. The van der Waals surface area contributed by atoms with Crippen LogP contribution < -0.4 is 10.9 Å². The first-order valence-corrected chi connectivity index (χ1v) is 7.89. The zero-order valence-corrected chi connectivity index (χ0v) is 14.1. The summed E-state index contributed by atoms with van der Waals surface area (Å²) in [4.78, 5) is 0. The Morgan fingerprint density at radius 1 is 0.708 bits per heavy atom. The molecule has 0 spiro atoms. The average Bonchev–Trinajstić information content (AvgIpc) is 2.59. The van der Waals surface area contributed by atoms with Crippen LogP contribution in [0, 0.1) is 0 Å². The van der Waals surface area contributed by atoms with Gasteiger partial charge in [-0.05, 0) is 33.7 Å². The Morgan fingerprint density at radius 3 is 1.83 bits per heavy atom. The molecule has 0 heterocycles. The lowest BCUT2D eigenvalue weighted by Crippen LogP contribution is -2.20. The molecule has 0 aromatic heterocycles. The standard InChI is InChI=1S/C18H15B2ClO3/c19-14-13(15(20)17(23)18(24)16(14)22)10-6-7-11(12(21)8-10)9-4-2-1-3-5-9/h1-8,22-24H,19-20H2. The van der Waals surface area contributed by atoms with Crippen molar-refractivity contribution in [1.29, 1.82) is 0 Å². The predicted octanol–water partition coefficient (Wildman–Crippen LogP) is 1.31. The topological polar surface area (TPSA) is 60.7 Å². The highest BCUT2D eigenvalue weighted by molar-refractivity contribution is 6.47. The molecular formula is C18H15B2ClO3. The summed E-state index contributed by atoms with van der Waals surface area (Å²) in [5.74, 6) is -1.14. The Labute approximate surface area is 147 Å². The second-order valence-corrected chi connectivity index (χ2v) is 6.14. The number of halogens is 1. The number of phenols is 3. The van der Waals surface area contributed by atoms with Crippen LogP contribution in [0.3, 0.4) is 0 Å². The first kappa shape index (κ1) is 16.3. The number of hydrogen-bond donors (Lipinski definition) is 3. The van der Waals surface area contributed by atoms with Crippen molar-refractivity contribution >= 4 is 38.2 Å². The third-order valence-corrected chi connectivity index (χ3v) is 4.56. The van der Waals surface area contributed by atoms with Gasteiger partial charge in [-0.1, -0.05) is 54.1 Å². The van der Waals surface area contributed by atoms with Gasteiger partial charge in [0.05, 0.1) is 0 Å². The molecular weight excluding hydrogens is 321 g/mol. The quantitative estimate of drug-likeness (QED) is 0.488. The number of hydrogen-bond acceptors (Lipinski definition) is 3. The van der Waals surface area contributed by atoms with Gasteiger partial charge >= 0.3 is 0 Å². The molecule has 3 nitrogen and oxygen atoms in total. The average molecular weight is 336 g/mol. The Morgan fingerprint density at radius 2 is 1.29 bits per heavy atom.